The third kappa shape index (κ3) is 3.80. The van der Waals surface area contributed by atoms with E-state index < -0.39 is 23.0 Å². The number of carbonyl (C=O) groups excluding carboxylic acids is 1. The minimum atomic E-state index is -0.856. The number of rotatable bonds is 5. The van der Waals surface area contributed by atoms with Crippen LogP contribution in [0.3, 0.4) is 0 Å². The van der Waals surface area contributed by atoms with Gasteiger partial charge in [0.1, 0.15) is 17.4 Å². The third-order valence-electron chi connectivity index (χ3n) is 4.13. The fraction of sp³-hybridized carbons (Fsp3) is 0.136. The van der Waals surface area contributed by atoms with Gasteiger partial charge < -0.3 is 4.74 Å². The molecular weight excluding hydrogens is 334 g/mol. The number of carbonyl (C=O) groups is 1. The van der Waals surface area contributed by atoms with Crippen molar-refractivity contribution >= 4 is 5.78 Å². The molecule has 0 aliphatic carbocycles. The summed E-state index contributed by atoms with van der Waals surface area (Å²) in [6.07, 6.45) is 0.582. The summed E-state index contributed by atoms with van der Waals surface area (Å²) in [4.78, 5) is 12.6. The number of ketones is 1. The van der Waals surface area contributed by atoms with Crippen molar-refractivity contribution in [3.05, 3.63) is 100 Å². The minimum absolute atomic E-state index is 0.270. The first-order chi connectivity index (χ1) is 12.5. The molecule has 0 radical (unpaired) electrons. The Hall–Kier alpha value is -3.01. The second-order valence-corrected chi connectivity index (χ2v) is 6.16. The summed E-state index contributed by atoms with van der Waals surface area (Å²) in [5.74, 6) is -1.62. The van der Waals surface area contributed by atoms with Crippen molar-refractivity contribution in [1.82, 2.24) is 0 Å². The molecular formula is C22H18F2O2. The van der Waals surface area contributed by atoms with Crippen LogP contribution in [0.1, 0.15) is 32.6 Å². The zero-order chi connectivity index (χ0) is 18.7. The molecule has 0 bridgehead atoms. The molecule has 0 unspecified atom stereocenters. The van der Waals surface area contributed by atoms with Gasteiger partial charge in [-0.15, -0.1) is 0 Å². The first kappa shape index (κ1) is 17.8. The smallest absolute Gasteiger partial charge is 0.198 e. The fourth-order valence-corrected chi connectivity index (χ4v) is 2.97. The van der Waals surface area contributed by atoms with Crippen molar-refractivity contribution < 1.29 is 18.3 Å². The van der Waals surface area contributed by atoms with Crippen molar-refractivity contribution in [3.63, 3.8) is 0 Å². The Balaban J connectivity index is 1.96. The summed E-state index contributed by atoms with van der Waals surface area (Å²) in [6, 6.07) is 16.3. The first-order valence-electron chi connectivity index (χ1n) is 8.20. The highest BCUT2D eigenvalue weighted by molar-refractivity contribution is 6.09. The van der Waals surface area contributed by atoms with Crippen molar-refractivity contribution in [2.75, 3.05) is 7.11 Å². The van der Waals surface area contributed by atoms with Crippen LogP contribution in [0.2, 0.25) is 0 Å². The van der Waals surface area contributed by atoms with Crippen LogP contribution in [0, 0.1) is 18.6 Å². The van der Waals surface area contributed by atoms with E-state index >= 15 is 0 Å². The summed E-state index contributed by atoms with van der Waals surface area (Å²) in [6.45, 7) is 1.85. The number of benzene rings is 3. The zero-order valence-electron chi connectivity index (χ0n) is 14.6. The molecule has 0 aromatic heterocycles. The van der Waals surface area contributed by atoms with E-state index in [0.29, 0.717) is 6.42 Å². The lowest BCUT2D eigenvalue weighted by molar-refractivity contribution is 0.103. The quantitative estimate of drug-likeness (QED) is 0.597. The van der Waals surface area contributed by atoms with E-state index in [-0.39, 0.29) is 5.56 Å². The highest BCUT2D eigenvalue weighted by atomic mass is 19.1. The Morgan fingerprint density at radius 2 is 1.62 bits per heavy atom. The van der Waals surface area contributed by atoms with Crippen molar-refractivity contribution in [3.8, 4) is 5.75 Å². The normalized spacial score (nSPS) is 10.6. The summed E-state index contributed by atoms with van der Waals surface area (Å²) in [7, 11) is 1.60. The predicted molar refractivity (Wildman–Crippen MR) is 96.8 cm³/mol. The molecule has 0 fully saturated rings. The van der Waals surface area contributed by atoms with E-state index in [2.05, 4.69) is 0 Å². The van der Waals surface area contributed by atoms with Gasteiger partial charge in [-0.25, -0.2) is 8.78 Å². The Morgan fingerprint density at radius 3 is 2.31 bits per heavy atom. The summed E-state index contributed by atoms with van der Waals surface area (Å²) in [5.41, 5.74) is 2.51. The molecule has 0 aliphatic heterocycles. The van der Waals surface area contributed by atoms with E-state index in [0.717, 1.165) is 34.6 Å². The van der Waals surface area contributed by atoms with Crippen LogP contribution < -0.4 is 4.74 Å². The summed E-state index contributed by atoms with van der Waals surface area (Å²) >= 11 is 0. The predicted octanol–water partition coefficient (Wildman–Crippen LogP) is 5.10. The van der Waals surface area contributed by atoms with E-state index in [4.69, 9.17) is 4.74 Å². The van der Waals surface area contributed by atoms with Gasteiger partial charge >= 0.3 is 0 Å². The van der Waals surface area contributed by atoms with Gasteiger partial charge in [0.15, 0.2) is 5.78 Å². The first-order valence-corrected chi connectivity index (χ1v) is 8.20. The summed E-state index contributed by atoms with van der Waals surface area (Å²) in [5, 5.41) is 0. The van der Waals surface area contributed by atoms with Crippen LogP contribution >= 0.6 is 0 Å². The number of methoxy groups -OCH3 is 1. The van der Waals surface area contributed by atoms with Crippen LogP contribution in [-0.4, -0.2) is 12.9 Å². The Kier molecular flexibility index (Phi) is 5.12. The molecule has 3 rings (SSSR count). The monoisotopic (exact) mass is 352 g/mol. The van der Waals surface area contributed by atoms with Crippen LogP contribution in [0.4, 0.5) is 8.78 Å². The molecule has 132 valence electrons. The molecule has 3 aromatic carbocycles. The zero-order valence-corrected chi connectivity index (χ0v) is 14.6. The molecule has 0 amide bonds. The minimum Gasteiger partial charge on any atom is -0.497 e. The Bertz CT molecular complexity index is 944. The maximum absolute atomic E-state index is 13.9. The number of ether oxygens (including phenoxy) is 1. The van der Waals surface area contributed by atoms with Gasteiger partial charge in [0.05, 0.1) is 12.7 Å². The van der Waals surface area contributed by atoms with Gasteiger partial charge in [-0.1, -0.05) is 29.8 Å². The molecule has 0 atom stereocenters. The topological polar surface area (TPSA) is 26.3 Å². The SMILES string of the molecule is COc1cccc(Cc2cc(C)cc(C(=O)c3c(F)cccc3F)c2)c1. The highest BCUT2D eigenvalue weighted by Crippen LogP contribution is 2.22. The largest absolute Gasteiger partial charge is 0.497 e. The Morgan fingerprint density at radius 1 is 0.923 bits per heavy atom. The van der Waals surface area contributed by atoms with Crippen molar-refractivity contribution in [2.45, 2.75) is 13.3 Å². The standard InChI is InChI=1S/C22H18F2O2/c1-14-9-16(11-15-5-3-6-18(13-15)26-2)12-17(10-14)22(25)21-19(23)7-4-8-20(21)24/h3-10,12-13H,11H2,1-2H3. The van der Waals surface area contributed by atoms with Gasteiger partial charge in [-0.05, 0) is 60.9 Å². The molecule has 0 aliphatic rings. The summed E-state index contributed by atoms with van der Waals surface area (Å²) < 4.78 is 33.1. The molecule has 0 spiro atoms. The lowest BCUT2D eigenvalue weighted by Crippen LogP contribution is -2.08. The van der Waals surface area contributed by atoms with Crippen molar-refractivity contribution in [1.29, 1.82) is 0 Å². The molecule has 0 saturated heterocycles. The average Bonchev–Trinajstić information content (AvgIpc) is 2.61. The number of aryl methyl sites for hydroxylation is 1. The van der Waals surface area contributed by atoms with E-state index in [1.807, 2.05) is 37.3 Å². The Labute approximate surface area is 151 Å². The molecule has 26 heavy (non-hydrogen) atoms. The van der Waals surface area contributed by atoms with Crippen molar-refractivity contribution in [2.24, 2.45) is 0 Å². The van der Waals surface area contributed by atoms with E-state index in [9.17, 15) is 13.6 Å². The van der Waals surface area contributed by atoms with Gasteiger partial charge in [-0.3, -0.25) is 4.79 Å². The van der Waals surface area contributed by atoms with Gasteiger partial charge in [-0.2, -0.15) is 0 Å². The maximum Gasteiger partial charge on any atom is 0.198 e. The molecule has 0 N–H and O–H groups in total. The van der Waals surface area contributed by atoms with Crippen LogP contribution in [-0.2, 0) is 6.42 Å². The fourth-order valence-electron chi connectivity index (χ4n) is 2.97. The number of halogens is 2. The molecule has 3 aromatic rings. The number of hydrogen-bond donors (Lipinski definition) is 0. The molecule has 2 nitrogen and oxygen atoms in total. The lowest BCUT2D eigenvalue weighted by Gasteiger charge is -2.10. The molecule has 4 heteroatoms. The molecule has 0 saturated carbocycles. The second-order valence-electron chi connectivity index (χ2n) is 6.16. The number of hydrogen-bond acceptors (Lipinski definition) is 2. The highest BCUT2D eigenvalue weighted by Gasteiger charge is 2.19. The maximum atomic E-state index is 13.9. The average molecular weight is 352 g/mol. The third-order valence-corrected chi connectivity index (χ3v) is 4.13. The van der Waals surface area contributed by atoms with Gasteiger partial charge in [0.2, 0.25) is 0 Å². The van der Waals surface area contributed by atoms with Crippen LogP contribution in [0.25, 0.3) is 0 Å². The van der Waals surface area contributed by atoms with Gasteiger partial charge in [0.25, 0.3) is 0 Å². The van der Waals surface area contributed by atoms with Crippen LogP contribution in [0.15, 0.2) is 60.7 Å². The van der Waals surface area contributed by atoms with E-state index in [1.165, 1.54) is 6.07 Å². The van der Waals surface area contributed by atoms with Gasteiger partial charge in [0, 0.05) is 5.56 Å². The van der Waals surface area contributed by atoms with E-state index in [1.54, 1.807) is 19.2 Å². The molecule has 0 heterocycles. The lowest BCUT2D eigenvalue weighted by atomic mass is 9.95. The second kappa shape index (κ2) is 7.48. The van der Waals surface area contributed by atoms with Crippen LogP contribution in [0.5, 0.6) is 5.75 Å².